The summed E-state index contributed by atoms with van der Waals surface area (Å²) in [5, 5.41) is 8.13. The first kappa shape index (κ1) is 16.6. The van der Waals surface area contributed by atoms with Gasteiger partial charge in [0.15, 0.2) is 5.13 Å². The van der Waals surface area contributed by atoms with Crippen LogP contribution in [0.4, 0.5) is 5.13 Å². The molecule has 126 valence electrons. The zero-order valence-corrected chi connectivity index (χ0v) is 14.7. The molecule has 1 unspecified atom stereocenters. The number of nitrogens with one attached hydrogen (secondary N) is 2. The van der Waals surface area contributed by atoms with E-state index >= 15 is 0 Å². The van der Waals surface area contributed by atoms with Crippen molar-refractivity contribution >= 4 is 28.3 Å². The highest BCUT2D eigenvalue weighted by Crippen LogP contribution is 2.27. The smallest absolute Gasteiger partial charge is 0.231 e. The number of amides is 2. The van der Waals surface area contributed by atoms with E-state index in [4.69, 9.17) is 0 Å². The summed E-state index contributed by atoms with van der Waals surface area (Å²) in [6, 6.07) is 8.35. The van der Waals surface area contributed by atoms with E-state index in [-0.39, 0.29) is 17.7 Å². The topological polar surface area (TPSA) is 71.1 Å². The SMILES string of the molecule is CC(C)c1ccc(-c2csc(NC(=O)C3CCC(=O)NC3)n2)cc1. The van der Waals surface area contributed by atoms with Crippen molar-refractivity contribution in [1.29, 1.82) is 0 Å². The molecule has 2 amide bonds. The minimum Gasteiger partial charge on any atom is -0.355 e. The van der Waals surface area contributed by atoms with Crippen LogP contribution in [-0.4, -0.2) is 23.3 Å². The summed E-state index contributed by atoms with van der Waals surface area (Å²) in [6.45, 7) is 4.73. The van der Waals surface area contributed by atoms with Gasteiger partial charge < -0.3 is 10.6 Å². The zero-order chi connectivity index (χ0) is 17.1. The molecule has 6 heteroatoms. The maximum Gasteiger partial charge on any atom is 0.231 e. The van der Waals surface area contributed by atoms with Gasteiger partial charge in [0.1, 0.15) is 0 Å². The second kappa shape index (κ2) is 7.13. The molecule has 1 aliphatic rings. The molecule has 5 nitrogen and oxygen atoms in total. The summed E-state index contributed by atoms with van der Waals surface area (Å²) in [6.07, 6.45) is 0.996. The molecule has 0 radical (unpaired) electrons. The summed E-state index contributed by atoms with van der Waals surface area (Å²) < 4.78 is 0. The Bertz CT molecular complexity index is 727. The number of aromatic nitrogens is 1. The monoisotopic (exact) mass is 343 g/mol. The van der Waals surface area contributed by atoms with E-state index in [9.17, 15) is 9.59 Å². The first-order valence-corrected chi connectivity index (χ1v) is 9.04. The van der Waals surface area contributed by atoms with Gasteiger partial charge >= 0.3 is 0 Å². The molecule has 1 aliphatic heterocycles. The number of anilines is 1. The van der Waals surface area contributed by atoms with Gasteiger partial charge in [-0.05, 0) is 17.9 Å². The van der Waals surface area contributed by atoms with Crippen LogP contribution in [0.15, 0.2) is 29.6 Å². The van der Waals surface area contributed by atoms with Crippen LogP contribution in [0.3, 0.4) is 0 Å². The molecule has 0 bridgehead atoms. The minimum atomic E-state index is -0.180. The van der Waals surface area contributed by atoms with Crippen molar-refractivity contribution in [3.05, 3.63) is 35.2 Å². The molecule has 24 heavy (non-hydrogen) atoms. The van der Waals surface area contributed by atoms with Crippen LogP contribution < -0.4 is 10.6 Å². The lowest BCUT2D eigenvalue weighted by molar-refractivity contribution is -0.126. The van der Waals surface area contributed by atoms with E-state index < -0.39 is 0 Å². The predicted molar refractivity (Wildman–Crippen MR) is 96.0 cm³/mol. The van der Waals surface area contributed by atoms with E-state index in [1.807, 2.05) is 5.38 Å². The average molecular weight is 343 g/mol. The summed E-state index contributed by atoms with van der Waals surface area (Å²) in [7, 11) is 0. The third kappa shape index (κ3) is 3.82. The fraction of sp³-hybridized carbons (Fsp3) is 0.389. The van der Waals surface area contributed by atoms with E-state index in [1.165, 1.54) is 16.9 Å². The van der Waals surface area contributed by atoms with Crippen LogP contribution >= 0.6 is 11.3 Å². The zero-order valence-electron chi connectivity index (χ0n) is 13.8. The van der Waals surface area contributed by atoms with Gasteiger partial charge in [0.2, 0.25) is 11.8 Å². The maximum absolute atomic E-state index is 12.2. The van der Waals surface area contributed by atoms with E-state index in [0.29, 0.717) is 30.4 Å². The summed E-state index contributed by atoms with van der Waals surface area (Å²) in [5.41, 5.74) is 3.20. The van der Waals surface area contributed by atoms with Gasteiger partial charge in [-0.15, -0.1) is 11.3 Å². The number of piperidine rings is 1. The summed E-state index contributed by atoms with van der Waals surface area (Å²) >= 11 is 1.42. The molecule has 1 atom stereocenters. The minimum absolute atomic E-state index is 0.0143. The fourth-order valence-corrected chi connectivity index (χ4v) is 3.39. The lowest BCUT2D eigenvalue weighted by atomic mass is 9.98. The first-order chi connectivity index (χ1) is 11.5. The third-order valence-corrected chi connectivity index (χ3v) is 5.00. The van der Waals surface area contributed by atoms with Crippen molar-refractivity contribution in [2.75, 3.05) is 11.9 Å². The Hall–Kier alpha value is -2.21. The molecule has 2 heterocycles. The second-order valence-electron chi connectivity index (χ2n) is 6.34. The molecule has 1 saturated heterocycles. The Labute approximate surface area is 145 Å². The number of hydrogen-bond donors (Lipinski definition) is 2. The van der Waals surface area contributed by atoms with Crippen LogP contribution in [0.2, 0.25) is 0 Å². The van der Waals surface area contributed by atoms with Gasteiger partial charge in [0.25, 0.3) is 0 Å². The predicted octanol–water partition coefficient (Wildman–Crippen LogP) is 3.40. The molecule has 1 fully saturated rings. The van der Waals surface area contributed by atoms with Crippen LogP contribution in [0, 0.1) is 5.92 Å². The molecule has 0 spiro atoms. The van der Waals surface area contributed by atoms with Crippen LogP contribution in [0.5, 0.6) is 0 Å². The molecule has 0 saturated carbocycles. The standard InChI is InChI=1S/C18H21N3O2S/c1-11(2)12-3-5-13(6-4-12)15-10-24-18(20-15)21-17(23)14-7-8-16(22)19-9-14/h3-6,10-11,14H,7-9H2,1-2H3,(H,19,22)(H,20,21,23). The van der Waals surface area contributed by atoms with Crippen LogP contribution in [-0.2, 0) is 9.59 Å². The van der Waals surface area contributed by atoms with Gasteiger partial charge in [0.05, 0.1) is 11.6 Å². The van der Waals surface area contributed by atoms with Gasteiger partial charge in [-0.2, -0.15) is 0 Å². The molecule has 1 aromatic heterocycles. The number of nitrogens with zero attached hydrogens (tertiary/aromatic N) is 1. The van der Waals surface area contributed by atoms with Crippen molar-refractivity contribution in [3.8, 4) is 11.3 Å². The second-order valence-corrected chi connectivity index (χ2v) is 7.20. The Kier molecular flexibility index (Phi) is 4.94. The summed E-state index contributed by atoms with van der Waals surface area (Å²) in [4.78, 5) is 27.9. The van der Waals surface area contributed by atoms with Gasteiger partial charge in [-0.3, -0.25) is 9.59 Å². The first-order valence-electron chi connectivity index (χ1n) is 8.16. The van der Waals surface area contributed by atoms with Crippen molar-refractivity contribution in [2.24, 2.45) is 5.92 Å². The number of benzene rings is 1. The van der Waals surface area contributed by atoms with Crippen molar-refractivity contribution in [1.82, 2.24) is 10.3 Å². The number of rotatable bonds is 4. The normalized spacial score (nSPS) is 17.6. The lowest BCUT2D eigenvalue weighted by Gasteiger charge is -2.20. The van der Waals surface area contributed by atoms with Gasteiger partial charge in [-0.1, -0.05) is 38.1 Å². The number of carbonyl (C=O) groups excluding carboxylic acids is 2. The van der Waals surface area contributed by atoms with Crippen molar-refractivity contribution in [2.45, 2.75) is 32.6 Å². The highest BCUT2D eigenvalue weighted by molar-refractivity contribution is 7.14. The molecule has 1 aromatic carbocycles. The number of carbonyl (C=O) groups is 2. The van der Waals surface area contributed by atoms with E-state index in [0.717, 1.165) is 11.3 Å². The Balaban J connectivity index is 1.65. The number of thiazole rings is 1. The molecule has 3 rings (SSSR count). The molecule has 2 aromatic rings. The number of hydrogen-bond acceptors (Lipinski definition) is 4. The third-order valence-electron chi connectivity index (χ3n) is 4.24. The highest BCUT2D eigenvalue weighted by atomic mass is 32.1. The van der Waals surface area contributed by atoms with Crippen molar-refractivity contribution in [3.63, 3.8) is 0 Å². The summed E-state index contributed by atoms with van der Waals surface area (Å²) in [5.74, 6) is 0.257. The maximum atomic E-state index is 12.2. The van der Waals surface area contributed by atoms with Crippen molar-refractivity contribution < 1.29 is 9.59 Å². The van der Waals surface area contributed by atoms with E-state index in [1.54, 1.807) is 0 Å². The Morgan fingerprint density at radius 1 is 1.33 bits per heavy atom. The molecule has 2 N–H and O–H groups in total. The lowest BCUT2D eigenvalue weighted by Crippen LogP contribution is -2.40. The molecular formula is C18H21N3O2S. The molecule has 0 aliphatic carbocycles. The van der Waals surface area contributed by atoms with Gasteiger partial charge in [0, 0.05) is 23.9 Å². The van der Waals surface area contributed by atoms with Crippen LogP contribution in [0.1, 0.15) is 38.2 Å². The van der Waals surface area contributed by atoms with Gasteiger partial charge in [-0.25, -0.2) is 4.98 Å². The largest absolute Gasteiger partial charge is 0.355 e. The quantitative estimate of drug-likeness (QED) is 0.894. The molecular weight excluding hydrogens is 322 g/mol. The average Bonchev–Trinajstić information content (AvgIpc) is 3.04. The highest BCUT2D eigenvalue weighted by Gasteiger charge is 2.25. The fourth-order valence-electron chi connectivity index (χ4n) is 2.67. The van der Waals surface area contributed by atoms with Crippen LogP contribution in [0.25, 0.3) is 11.3 Å². The Morgan fingerprint density at radius 2 is 2.08 bits per heavy atom. The van der Waals surface area contributed by atoms with E-state index in [2.05, 4.69) is 53.7 Å². The Morgan fingerprint density at radius 3 is 2.71 bits per heavy atom.